The Kier molecular flexibility index (Phi) is 6.76. The van der Waals surface area contributed by atoms with Gasteiger partial charge in [-0.15, -0.1) is 0 Å². The van der Waals surface area contributed by atoms with Gasteiger partial charge in [0.2, 0.25) is 0 Å². The molecular weight excluding hydrogens is 208 g/mol. The van der Waals surface area contributed by atoms with Crippen LogP contribution in [0.2, 0.25) is 0 Å². The van der Waals surface area contributed by atoms with Crippen molar-refractivity contribution in [3.63, 3.8) is 0 Å². The van der Waals surface area contributed by atoms with E-state index in [1.807, 2.05) is 0 Å². The lowest BCUT2D eigenvalue weighted by atomic mass is 10.1. The van der Waals surface area contributed by atoms with E-state index in [4.69, 9.17) is 4.74 Å². The number of aryl methyl sites for hydroxylation is 1. The SMILES string of the molecule is CCCCC(CCCC)Oc1ccc(C)cc1. The summed E-state index contributed by atoms with van der Waals surface area (Å²) in [6, 6.07) is 8.40. The highest BCUT2D eigenvalue weighted by atomic mass is 16.5. The topological polar surface area (TPSA) is 9.23 Å². The largest absolute Gasteiger partial charge is 0.490 e. The first-order valence-corrected chi connectivity index (χ1v) is 6.99. The molecule has 0 atom stereocenters. The van der Waals surface area contributed by atoms with Gasteiger partial charge in [0.15, 0.2) is 0 Å². The molecule has 0 N–H and O–H groups in total. The number of ether oxygens (including phenoxy) is 1. The highest BCUT2D eigenvalue weighted by molar-refractivity contribution is 5.26. The summed E-state index contributed by atoms with van der Waals surface area (Å²) in [6.07, 6.45) is 7.80. The summed E-state index contributed by atoms with van der Waals surface area (Å²) >= 11 is 0. The van der Waals surface area contributed by atoms with Crippen LogP contribution >= 0.6 is 0 Å². The quantitative estimate of drug-likeness (QED) is 0.606. The van der Waals surface area contributed by atoms with Gasteiger partial charge in [-0.05, 0) is 31.9 Å². The van der Waals surface area contributed by atoms with Crippen LogP contribution < -0.4 is 4.74 Å². The van der Waals surface area contributed by atoms with Crippen molar-refractivity contribution < 1.29 is 4.74 Å². The van der Waals surface area contributed by atoms with Crippen LogP contribution in [0.3, 0.4) is 0 Å². The van der Waals surface area contributed by atoms with E-state index in [-0.39, 0.29) is 0 Å². The van der Waals surface area contributed by atoms with E-state index in [1.165, 1.54) is 44.1 Å². The van der Waals surface area contributed by atoms with Gasteiger partial charge in [-0.3, -0.25) is 0 Å². The molecule has 0 aliphatic heterocycles. The van der Waals surface area contributed by atoms with Crippen LogP contribution in [0.25, 0.3) is 0 Å². The molecule has 0 aliphatic rings. The number of unbranched alkanes of at least 4 members (excludes halogenated alkanes) is 2. The molecule has 0 amide bonds. The Labute approximate surface area is 106 Å². The second kappa shape index (κ2) is 8.16. The summed E-state index contributed by atoms with van der Waals surface area (Å²) in [5.41, 5.74) is 1.29. The van der Waals surface area contributed by atoms with Gasteiger partial charge in [-0.1, -0.05) is 57.2 Å². The molecule has 0 spiro atoms. The summed E-state index contributed by atoms with van der Waals surface area (Å²) in [4.78, 5) is 0. The van der Waals surface area contributed by atoms with Crippen LogP contribution in [0.5, 0.6) is 5.75 Å². The molecular formula is C16H26O. The van der Waals surface area contributed by atoms with Gasteiger partial charge in [0.1, 0.15) is 5.75 Å². The first-order valence-electron chi connectivity index (χ1n) is 6.99. The van der Waals surface area contributed by atoms with Gasteiger partial charge in [0.25, 0.3) is 0 Å². The van der Waals surface area contributed by atoms with Gasteiger partial charge in [-0.25, -0.2) is 0 Å². The number of benzene rings is 1. The number of hydrogen-bond donors (Lipinski definition) is 0. The molecule has 1 nitrogen and oxygen atoms in total. The molecule has 17 heavy (non-hydrogen) atoms. The van der Waals surface area contributed by atoms with Crippen LogP contribution in [0.1, 0.15) is 57.9 Å². The molecule has 0 bridgehead atoms. The second-order valence-corrected chi connectivity index (χ2v) is 4.84. The van der Waals surface area contributed by atoms with E-state index in [0.717, 1.165) is 5.75 Å². The average Bonchev–Trinajstić information content (AvgIpc) is 2.35. The lowest BCUT2D eigenvalue weighted by Gasteiger charge is -2.19. The van der Waals surface area contributed by atoms with Crippen LogP contribution in [0.15, 0.2) is 24.3 Å². The monoisotopic (exact) mass is 234 g/mol. The summed E-state index contributed by atoms with van der Waals surface area (Å²) in [5.74, 6) is 1.02. The van der Waals surface area contributed by atoms with E-state index in [1.54, 1.807) is 0 Å². The Morgan fingerprint density at radius 2 is 1.47 bits per heavy atom. The van der Waals surface area contributed by atoms with Crippen LogP contribution in [0, 0.1) is 6.92 Å². The summed E-state index contributed by atoms with van der Waals surface area (Å²) in [7, 11) is 0. The normalized spacial score (nSPS) is 10.8. The molecule has 1 rings (SSSR count). The highest BCUT2D eigenvalue weighted by Gasteiger charge is 2.09. The fourth-order valence-electron chi connectivity index (χ4n) is 1.94. The lowest BCUT2D eigenvalue weighted by molar-refractivity contribution is 0.174. The minimum Gasteiger partial charge on any atom is -0.490 e. The molecule has 0 saturated heterocycles. The van der Waals surface area contributed by atoms with Gasteiger partial charge < -0.3 is 4.74 Å². The van der Waals surface area contributed by atoms with Gasteiger partial charge in [0, 0.05) is 0 Å². The lowest BCUT2D eigenvalue weighted by Crippen LogP contribution is -2.16. The van der Waals surface area contributed by atoms with E-state index in [9.17, 15) is 0 Å². The summed E-state index contributed by atoms with van der Waals surface area (Å²) < 4.78 is 6.07. The molecule has 0 radical (unpaired) electrons. The summed E-state index contributed by atoms with van der Waals surface area (Å²) in [5, 5.41) is 0. The third-order valence-electron chi connectivity index (χ3n) is 3.08. The van der Waals surface area contributed by atoms with Crippen LogP contribution in [-0.4, -0.2) is 6.10 Å². The van der Waals surface area contributed by atoms with E-state index >= 15 is 0 Å². The first-order chi connectivity index (χ1) is 8.26. The fraction of sp³-hybridized carbons (Fsp3) is 0.625. The van der Waals surface area contributed by atoms with Gasteiger partial charge in [0.05, 0.1) is 6.10 Å². The molecule has 1 heteroatoms. The fourth-order valence-corrected chi connectivity index (χ4v) is 1.94. The standard InChI is InChI=1S/C16H26O/c1-4-6-8-15(9-7-5-2)17-16-12-10-14(3)11-13-16/h10-13,15H,4-9H2,1-3H3. The highest BCUT2D eigenvalue weighted by Crippen LogP contribution is 2.19. The third-order valence-corrected chi connectivity index (χ3v) is 3.08. The minimum atomic E-state index is 0.401. The molecule has 0 saturated carbocycles. The van der Waals surface area contributed by atoms with Crippen molar-refractivity contribution in [2.75, 3.05) is 0 Å². The Morgan fingerprint density at radius 3 is 1.94 bits per heavy atom. The van der Waals surface area contributed by atoms with Crippen LogP contribution in [0.4, 0.5) is 0 Å². The summed E-state index contributed by atoms with van der Waals surface area (Å²) in [6.45, 7) is 6.58. The van der Waals surface area contributed by atoms with E-state index < -0.39 is 0 Å². The zero-order valence-electron chi connectivity index (χ0n) is 11.5. The molecule has 0 aromatic heterocycles. The maximum atomic E-state index is 6.07. The van der Waals surface area contributed by atoms with Crippen molar-refractivity contribution in [3.8, 4) is 5.75 Å². The van der Waals surface area contributed by atoms with Gasteiger partial charge in [-0.2, -0.15) is 0 Å². The molecule has 1 aromatic carbocycles. The Balaban J connectivity index is 2.48. The van der Waals surface area contributed by atoms with Crippen molar-refractivity contribution in [2.24, 2.45) is 0 Å². The maximum absolute atomic E-state index is 6.07. The maximum Gasteiger partial charge on any atom is 0.119 e. The zero-order valence-corrected chi connectivity index (χ0v) is 11.5. The molecule has 0 heterocycles. The van der Waals surface area contributed by atoms with Crippen molar-refractivity contribution in [1.82, 2.24) is 0 Å². The minimum absolute atomic E-state index is 0.401. The number of rotatable bonds is 8. The molecule has 96 valence electrons. The Hall–Kier alpha value is -0.980. The first kappa shape index (κ1) is 14.1. The van der Waals surface area contributed by atoms with Crippen molar-refractivity contribution in [2.45, 2.75) is 65.4 Å². The predicted molar refractivity (Wildman–Crippen MR) is 74.6 cm³/mol. The predicted octanol–water partition coefficient (Wildman–Crippen LogP) is 5.12. The zero-order chi connectivity index (χ0) is 12.5. The van der Waals surface area contributed by atoms with E-state index in [2.05, 4.69) is 45.0 Å². The Morgan fingerprint density at radius 1 is 0.941 bits per heavy atom. The van der Waals surface area contributed by atoms with Gasteiger partial charge >= 0.3 is 0 Å². The van der Waals surface area contributed by atoms with Crippen molar-refractivity contribution in [1.29, 1.82) is 0 Å². The van der Waals surface area contributed by atoms with E-state index in [0.29, 0.717) is 6.10 Å². The third kappa shape index (κ3) is 5.76. The molecule has 0 unspecified atom stereocenters. The number of hydrogen-bond acceptors (Lipinski definition) is 1. The van der Waals surface area contributed by atoms with Crippen molar-refractivity contribution in [3.05, 3.63) is 29.8 Å². The molecule has 1 aromatic rings. The second-order valence-electron chi connectivity index (χ2n) is 4.84. The molecule has 0 aliphatic carbocycles. The average molecular weight is 234 g/mol. The van der Waals surface area contributed by atoms with Crippen LogP contribution in [-0.2, 0) is 0 Å². The smallest absolute Gasteiger partial charge is 0.119 e. The van der Waals surface area contributed by atoms with Crippen molar-refractivity contribution >= 4 is 0 Å². The molecule has 0 fully saturated rings. The Bertz CT molecular complexity index is 281.